The normalized spacial score (nSPS) is 10.9. The van der Waals surface area contributed by atoms with Crippen molar-refractivity contribution in [2.75, 3.05) is 5.32 Å². The lowest BCUT2D eigenvalue weighted by Crippen LogP contribution is -2.15. The van der Waals surface area contributed by atoms with E-state index in [1.165, 1.54) is 0 Å². The molecule has 0 bridgehead atoms. The predicted octanol–water partition coefficient (Wildman–Crippen LogP) is 3.56. The van der Waals surface area contributed by atoms with Gasteiger partial charge in [-0.3, -0.25) is 4.79 Å². The van der Waals surface area contributed by atoms with Crippen molar-refractivity contribution < 1.29 is 4.79 Å². The minimum absolute atomic E-state index is 0.255. The van der Waals surface area contributed by atoms with Gasteiger partial charge in [-0.25, -0.2) is 9.50 Å². The summed E-state index contributed by atoms with van der Waals surface area (Å²) >= 11 is 5.92. The maximum atomic E-state index is 12.4. The zero-order chi connectivity index (χ0) is 15.9. The number of benzene rings is 1. The molecule has 1 aromatic carbocycles. The number of rotatable bonds is 2. The van der Waals surface area contributed by atoms with E-state index in [0.29, 0.717) is 16.4 Å². The zero-order valence-corrected chi connectivity index (χ0v) is 13.3. The first-order valence-corrected chi connectivity index (χ1v) is 7.23. The zero-order valence-electron chi connectivity index (χ0n) is 12.5. The molecule has 0 aliphatic heterocycles. The molecule has 0 atom stereocenters. The molecule has 0 radical (unpaired) electrons. The fourth-order valence-electron chi connectivity index (χ4n) is 2.31. The van der Waals surface area contributed by atoms with E-state index in [1.54, 1.807) is 28.8 Å². The van der Waals surface area contributed by atoms with Crippen molar-refractivity contribution in [1.29, 1.82) is 0 Å². The number of nitrogens with zero attached hydrogens (tertiary/aromatic N) is 3. The van der Waals surface area contributed by atoms with Gasteiger partial charge in [-0.15, -0.1) is 0 Å². The van der Waals surface area contributed by atoms with Crippen LogP contribution >= 0.6 is 11.6 Å². The smallest absolute Gasteiger partial charge is 0.274 e. The summed E-state index contributed by atoms with van der Waals surface area (Å²) in [5, 5.41) is 7.83. The average molecular weight is 315 g/mol. The number of fused-ring (bicyclic) bond motifs is 1. The molecular formula is C16H15ClN4O. The summed E-state index contributed by atoms with van der Waals surface area (Å²) in [7, 11) is 0. The minimum Gasteiger partial charge on any atom is -0.320 e. The average Bonchev–Trinajstić information content (AvgIpc) is 2.83. The van der Waals surface area contributed by atoms with Crippen molar-refractivity contribution in [2.24, 2.45) is 0 Å². The van der Waals surface area contributed by atoms with Crippen LogP contribution in [-0.2, 0) is 0 Å². The van der Waals surface area contributed by atoms with Crippen LogP contribution in [-0.4, -0.2) is 20.5 Å². The van der Waals surface area contributed by atoms with Gasteiger partial charge in [-0.05, 0) is 50.6 Å². The Hall–Kier alpha value is -2.40. The van der Waals surface area contributed by atoms with Crippen LogP contribution in [0, 0.1) is 20.8 Å². The lowest BCUT2D eigenvalue weighted by Gasteiger charge is -2.09. The Bertz CT molecular complexity index is 885. The number of carbonyl (C=O) groups excluding carboxylic acids is 1. The Labute approximate surface area is 132 Å². The number of anilines is 1. The van der Waals surface area contributed by atoms with Crippen LogP contribution in [0.5, 0.6) is 0 Å². The van der Waals surface area contributed by atoms with Gasteiger partial charge in [-0.1, -0.05) is 11.6 Å². The molecule has 0 fully saturated rings. The molecule has 0 unspecified atom stereocenters. The van der Waals surface area contributed by atoms with Crippen LogP contribution in [0.15, 0.2) is 30.3 Å². The molecule has 0 saturated carbocycles. The van der Waals surface area contributed by atoms with E-state index >= 15 is 0 Å². The van der Waals surface area contributed by atoms with Gasteiger partial charge in [0.2, 0.25) is 0 Å². The lowest BCUT2D eigenvalue weighted by atomic mass is 10.2. The Morgan fingerprint density at radius 3 is 2.68 bits per heavy atom. The van der Waals surface area contributed by atoms with Crippen molar-refractivity contribution in [3.8, 4) is 0 Å². The highest BCUT2D eigenvalue weighted by Crippen LogP contribution is 2.20. The first kappa shape index (κ1) is 14.5. The monoisotopic (exact) mass is 314 g/mol. The van der Waals surface area contributed by atoms with Crippen molar-refractivity contribution >= 4 is 28.8 Å². The molecule has 2 heterocycles. The third-order valence-electron chi connectivity index (χ3n) is 3.40. The van der Waals surface area contributed by atoms with E-state index in [9.17, 15) is 4.79 Å². The molecule has 5 nitrogen and oxygen atoms in total. The van der Waals surface area contributed by atoms with Crippen LogP contribution in [0.25, 0.3) is 5.65 Å². The summed E-state index contributed by atoms with van der Waals surface area (Å²) in [5.41, 5.74) is 4.37. The van der Waals surface area contributed by atoms with Gasteiger partial charge in [0.25, 0.3) is 5.91 Å². The van der Waals surface area contributed by atoms with E-state index in [0.717, 1.165) is 22.6 Å². The second-order valence-corrected chi connectivity index (χ2v) is 5.69. The van der Waals surface area contributed by atoms with Crippen molar-refractivity contribution in [2.45, 2.75) is 20.8 Å². The van der Waals surface area contributed by atoms with Gasteiger partial charge >= 0.3 is 0 Å². The number of nitrogens with one attached hydrogen (secondary N) is 1. The first-order chi connectivity index (χ1) is 10.4. The van der Waals surface area contributed by atoms with Gasteiger partial charge in [0, 0.05) is 22.5 Å². The number of aromatic nitrogens is 3. The third-order valence-corrected chi connectivity index (χ3v) is 3.63. The van der Waals surface area contributed by atoms with Gasteiger partial charge in [0.05, 0.1) is 5.69 Å². The van der Waals surface area contributed by atoms with E-state index in [4.69, 9.17) is 11.6 Å². The maximum Gasteiger partial charge on any atom is 0.274 e. The molecule has 1 N–H and O–H groups in total. The molecule has 1 amide bonds. The summed E-state index contributed by atoms with van der Waals surface area (Å²) < 4.78 is 1.72. The summed E-state index contributed by atoms with van der Waals surface area (Å²) in [4.78, 5) is 16.8. The van der Waals surface area contributed by atoms with Crippen molar-refractivity contribution in [3.63, 3.8) is 0 Å². The number of carbonyl (C=O) groups is 1. The number of hydrogen-bond acceptors (Lipinski definition) is 3. The van der Waals surface area contributed by atoms with E-state index in [-0.39, 0.29) is 5.91 Å². The first-order valence-electron chi connectivity index (χ1n) is 6.85. The SMILES string of the molecule is Cc1cc2nc(C(=O)Nc3ccc(Cl)cc3C)cc(C)n2n1. The van der Waals surface area contributed by atoms with Crippen molar-refractivity contribution in [1.82, 2.24) is 14.6 Å². The largest absolute Gasteiger partial charge is 0.320 e. The number of halogens is 1. The molecule has 6 heteroatoms. The highest BCUT2D eigenvalue weighted by atomic mass is 35.5. The minimum atomic E-state index is -0.255. The molecule has 22 heavy (non-hydrogen) atoms. The van der Waals surface area contributed by atoms with Gasteiger partial charge in [-0.2, -0.15) is 5.10 Å². The Kier molecular flexibility index (Phi) is 3.58. The van der Waals surface area contributed by atoms with Crippen LogP contribution in [0.3, 0.4) is 0 Å². The summed E-state index contributed by atoms with van der Waals surface area (Å²) in [6, 6.07) is 8.90. The highest BCUT2D eigenvalue weighted by molar-refractivity contribution is 6.30. The van der Waals surface area contributed by atoms with E-state index < -0.39 is 0 Å². The molecule has 0 saturated heterocycles. The summed E-state index contributed by atoms with van der Waals surface area (Å²) in [5.74, 6) is -0.255. The van der Waals surface area contributed by atoms with Crippen LogP contribution in [0.1, 0.15) is 27.4 Å². The maximum absolute atomic E-state index is 12.4. The molecule has 112 valence electrons. The molecular weight excluding hydrogens is 300 g/mol. The van der Waals surface area contributed by atoms with E-state index in [2.05, 4.69) is 15.4 Å². The third kappa shape index (κ3) is 2.67. The molecule has 2 aromatic heterocycles. The van der Waals surface area contributed by atoms with Crippen LogP contribution in [0.4, 0.5) is 5.69 Å². The lowest BCUT2D eigenvalue weighted by molar-refractivity contribution is 0.102. The molecule has 0 spiro atoms. The second kappa shape index (κ2) is 5.42. The van der Waals surface area contributed by atoms with E-state index in [1.807, 2.05) is 26.8 Å². The van der Waals surface area contributed by atoms with Gasteiger partial charge < -0.3 is 5.32 Å². The summed E-state index contributed by atoms with van der Waals surface area (Å²) in [6.07, 6.45) is 0. The highest BCUT2D eigenvalue weighted by Gasteiger charge is 2.13. The number of hydrogen-bond donors (Lipinski definition) is 1. The number of amides is 1. The topological polar surface area (TPSA) is 59.3 Å². The second-order valence-electron chi connectivity index (χ2n) is 5.25. The van der Waals surface area contributed by atoms with Gasteiger partial charge in [0.1, 0.15) is 5.69 Å². The molecule has 3 rings (SSSR count). The molecule has 3 aromatic rings. The Morgan fingerprint density at radius 2 is 1.95 bits per heavy atom. The predicted molar refractivity (Wildman–Crippen MR) is 86.6 cm³/mol. The molecule has 0 aliphatic carbocycles. The Balaban J connectivity index is 1.94. The Morgan fingerprint density at radius 1 is 1.18 bits per heavy atom. The summed E-state index contributed by atoms with van der Waals surface area (Å²) in [6.45, 7) is 5.68. The van der Waals surface area contributed by atoms with Gasteiger partial charge in [0.15, 0.2) is 5.65 Å². The van der Waals surface area contributed by atoms with Crippen LogP contribution in [0.2, 0.25) is 5.02 Å². The standard InChI is InChI=1S/C16H15ClN4O/c1-9-6-12(17)4-5-13(9)19-16(22)14-8-11(3)21-15(18-14)7-10(2)20-21/h4-8H,1-3H3,(H,19,22). The van der Waals surface area contributed by atoms with Crippen LogP contribution < -0.4 is 5.32 Å². The van der Waals surface area contributed by atoms with Crippen molar-refractivity contribution in [3.05, 3.63) is 58.0 Å². The molecule has 0 aliphatic rings. The fourth-order valence-corrected chi connectivity index (χ4v) is 2.54. The number of aryl methyl sites for hydroxylation is 3. The fraction of sp³-hybridized carbons (Fsp3) is 0.188. The quantitative estimate of drug-likeness (QED) is 0.786.